The highest BCUT2D eigenvalue weighted by atomic mass is 19.1. The Hall–Kier alpha value is -2.21. The first-order chi connectivity index (χ1) is 9.13. The van der Waals surface area contributed by atoms with Crippen molar-refractivity contribution in [3.63, 3.8) is 0 Å². The van der Waals surface area contributed by atoms with E-state index in [-0.39, 0.29) is 5.83 Å². The van der Waals surface area contributed by atoms with E-state index in [1.165, 1.54) is 12.2 Å². The number of nitrogens with zero attached hydrogens (tertiary/aromatic N) is 1. The standard InChI is InChI=1S/C15H14FN.CH3F/c1-4-6-15(16)13(5-2)14-8-7-12(10-17)9-11(14)3;1-2/h4-9H,2H2,1,3H3;1H3/b6-4-,15-13-;. The Kier molecular flexibility index (Phi) is 7.79. The Labute approximate surface area is 113 Å². The van der Waals surface area contributed by atoms with Crippen LogP contribution in [0.5, 0.6) is 0 Å². The van der Waals surface area contributed by atoms with Crippen molar-refractivity contribution in [2.45, 2.75) is 13.8 Å². The van der Waals surface area contributed by atoms with Gasteiger partial charge in [0.1, 0.15) is 5.83 Å². The van der Waals surface area contributed by atoms with Gasteiger partial charge in [0, 0.05) is 5.57 Å². The molecule has 1 aromatic carbocycles. The summed E-state index contributed by atoms with van der Waals surface area (Å²) in [5.41, 5.74) is 2.64. The van der Waals surface area contributed by atoms with Crippen LogP contribution in [0.3, 0.4) is 0 Å². The number of nitriles is 1. The van der Waals surface area contributed by atoms with E-state index >= 15 is 0 Å². The van der Waals surface area contributed by atoms with E-state index in [1.54, 1.807) is 31.2 Å². The van der Waals surface area contributed by atoms with Gasteiger partial charge in [0.15, 0.2) is 0 Å². The minimum absolute atomic E-state index is 0.324. The van der Waals surface area contributed by atoms with Crippen LogP contribution in [-0.4, -0.2) is 7.18 Å². The zero-order valence-corrected chi connectivity index (χ0v) is 11.4. The maximum absolute atomic E-state index is 13.8. The monoisotopic (exact) mass is 261 g/mol. The molecule has 0 amide bonds. The number of halogens is 2. The van der Waals surface area contributed by atoms with Crippen molar-refractivity contribution in [3.8, 4) is 6.07 Å². The molecule has 0 N–H and O–H groups in total. The van der Waals surface area contributed by atoms with E-state index in [2.05, 4.69) is 12.6 Å². The molecule has 100 valence electrons. The summed E-state index contributed by atoms with van der Waals surface area (Å²) in [5, 5.41) is 8.77. The van der Waals surface area contributed by atoms with Crippen LogP contribution in [0.4, 0.5) is 8.78 Å². The first-order valence-corrected chi connectivity index (χ1v) is 5.67. The Morgan fingerprint density at radius 3 is 2.42 bits per heavy atom. The lowest BCUT2D eigenvalue weighted by atomic mass is 9.98. The van der Waals surface area contributed by atoms with Crippen molar-refractivity contribution in [3.05, 3.63) is 65.5 Å². The van der Waals surface area contributed by atoms with Crippen LogP contribution in [0.25, 0.3) is 5.57 Å². The molecule has 19 heavy (non-hydrogen) atoms. The van der Waals surface area contributed by atoms with Crippen molar-refractivity contribution in [1.82, 2.24) is 0 Å². The van der Waals surface area contributed by atoms with E-state index in [4.69, 9.17) is 5.26 Å². The molecule has 1 aromatic rings. The lowest BCUT2D eigenvalue weighted by Gasteiger charge is -2.07. The van der Waals surface area contributed by atoms with Crippen molar-refractivity contribution in [2.24, 2.45) is 0 Å². The van der Waals surface area contributed by atoms with Gasteiger partial charge in [0.2, 0.25) is 0 Å². The highest BCUT2D eigenvalue weighted by Gasteiger charge is 2.07. The molecule has 0 bridgehead atoms. The predicted octanol–water partition coefficient (Wildman–Crippen LogP) is 4.90. The lowest BCUT2D eigenvalue weighted by Crippen LogP contribution is -1.90. The minimum Gasteiger partial charge on any atom is -0.255 e. The zero-order valence-electron chi connectivity index (χ0n) is 11.4. The Morgan fingerprint density at radius 2 is 2.00 bits per heavy atom. The van der Waals surface area contributed by atoms with Gasteiger partial charge < -0.3 is 0 Å². The molecule has 1 rings (SSSR count). The van der Waals surface area contributed by atoms with Gasteiger partial charge >= 0.3 is 0 Å². The third-order valence-electron chi connectivity index (χ3n) is 2.42. The van der Waals surface area contributed by atoms with Crippen LogP contribution in [0, 0.1) is 18.3 Å². The van der Waals surface area contributed by atoms with Crippen molar-refractivity contribution in [2.75, 3.05) is 7.18 Å². The fourth-order valence-corrected chi connectivity index (χ4v) is 1.61. The summed E-state index contributed by atoms with van der Waals surface area (Å²) >= 11 is 0. The molecular weight excluding hydrogens is 244 g/mol. The first-order valence-electron chi connectivity index (χ1n) is 5.67. The molecule has 0 aliphatic rings. The van der Waals surface area contributed by atoms with Crippen LogP contribution in [0.1, 0.15) is 23.6 Å². The Bertz CT molecular complexity index is 534. The molecule has 0 atom stereocenters. The number of hydrogen-bond acceptors (Lipinski definition) is 1. The van der Waals surface area contributed by atoms with Gasteiger partial charge in [-0.3, -0.25) is 4.39 Å². The van der Waals surface area contributed by atoms with Crippen LogP contribution in [0.15, 0.2) is 48.8 Å². The SMILES string of the molecule is C=C/C(=C(F)\C=C/C)c1ccc(C#N)cc1C.CF. The summed E-state index contributed by atoms with van der Waals surface area (Å²) in [7, 11) is 0.500. The Morgan fingerprint density at radius 1 is 1.37 bits per heavy atom. The van der Waals surface area contributed by atoms with Gasteiger partial charge in [0.25, 0.3) is 0 Å². The van der Waals surface area contributed by atoms with Crippen molar-refractivity contribution >= 4 is 5.57 Å². The maximum Gasteiger partial charge on any atom is 0.130 e. The molecule has 1 nitrogen and oxygen atoms in total. The first kappa shape index (κ1) is 16.8. The smallest absolute Gasteiger partial charge is 0.130 e. The molecule has 0 unspecified atom stereocenters. The fraction of sp³-hybridized carbons (Fsp3) is 0.188. The van der Waals surface area contributed by atoms with Crippen LogP contribution < -0.4 is 0 Å². The summed E-state index contributed by atoms with van der Waals surface area (Å²) in [5.74, 6) is -0.324. The zero-order chi connectivity index (χ0) is 14.8. The van der Waals surface area contributed by atoms with Gasteiger partial charge in [-0.1, -0.05) is 24.8 Å². The predicted molar refractivity (Wildman–Crippen MR) is 76.0 cm³/mol. The third-order valence-corrected chi connectivity index (χ3v) is 2.42. The molecule has 0 aliphatic carbocycles. The number of benzene rings is 1. The van der Waals surface area contributed by atoms with Crippen molar-refractivity contribution < 1.29 is 8.78 Å². The molecular formula is C16H17F2N. The molecule has 0 radical (unpaired) electrons. The van der Waals surface area contributed by atoms with Crippen LogP contribution >= 0.6 is 0 Å². The quantitative estimate of drug-likeness (QED) is 0.710. The number of alkyl halides is 1. The number of aryl methyl sites for hydroxylation is 1. The number of hydrogen-bond donors (Lipinski definition) is 0. The average Bonchev–Trinajstić information content (AvgIpc) is 2.43. The van der Waals surface area contributed by atoms with Gasteiger partial charge in [0.05, 0.1) is 18.8 Å². The van der Waals surface area contributed by atoms with E-state index in [1.807, 2.05) is 6.92 Å². The average molecular weight is 261 g/mol. The summed E-state index contributed by atoms with van der Waals surface area (Å²) in [6.07, 6.45) is 4.52. The molecule has 0 saturated carbocycles. The lowest BCUT2D eigenvalue weighted by molar-refractivity contribution is 0.636. The van der Waals surface area contributed by atoms with Gasteiger partial charge in [-0.05, 0) is 43.2 Å². The summed E-state index contributed by atoms with van der Waals surface area (Å²) in [4.78, 5) is 0. The van der Waals surface area contributed by atoms with E-state index < -0.39 is 0 Å². The molecule has 0 aromatic heterocycles. The van der Waals surface area contributed by atoms with Crippen LogP contribution in [0.2, 0.25) is 0 Å². The topological polar surface area (TPSA) is 23.8 Å². The molecule has 0 spiro atoms. The number of rotatable bonds is 3. The molecule has 3 heteroatoms. The second kappa shape index (κ2) is 8.82. The summed E-state index contributed by atoms with van der Waals surface area (Å²) in [6.45, 7) is 7.23. The number of allylic oxidation sites excluding steroid dienone is 5. The maximum atomic E-state index is 13.8. The van der Waals surface area contributed by atoms with E-state index in [9.17, 15) is 8.78 Å². The molecule has 0 saturated heterocycles. The molecule has 0 aliphatic heterocycles. The second-order valence-electron chi connectivity index (χ2n) is 3.61. The third kappa shape index (κ3) is 4.51. The van der Waals surface area contributed by atoms with Crippen LogP contribution in [-0.2, 0) is 0 Å². The largest absolute Gasteiger partial charge is 0.255 e. The highest BCUT2D eigenvalue weighted by Crippen LogP contribution is 2.25. The van der Waals surface area contributed by atoms with E-state index in [0.717, 1.165) is 11.1 Å². The minimum atomic E-state index is -0.324. The normalized spacial score (nSPS) is 11.2. The second-order valence-corrected chi connectivity index (χ2v) is 3.61. The Balaban J connectivity index is 0.00000154. The fourth-order valence-electron chi connectivity index (χ4n) is 1.61. The van der Waals surface area contributed by atoms with Gasteiger partial charge in [-0.2, -0.15) is 5.26 Å². The van der Waals surface area contributed by atoms with Gasteiger partial charge in [-0.15, -0.1) is 0 Å². The molecule has 0 heterocycles. The molecule has 0 fully saturated rings. The van der Waals surface area contributed by atoms with Crippen molar-refractivity contribution in [1.29, 1.82) is 5.26 Å². The summed E-state index contributed by atoms with van der Waals surface area (Å²) in [6, 6.07) is 7.21. The summed E-state index contributed by atoms with van der Waals surface area (Å²) < 4.78 is 23.3. The van der Waals surface area contributed by atoms with Gasteiger partial charge in [-0.25, -0.2) is 4.39 Å². The van der Waals surface area contributed by atoms with E-state index in [0.29, 0.717) is 18.3 Å². The highest BCUT2D eigenvalue weighted by molar-refractivity contribution is 5.78.